The average Bonchev–Trinajstić information content (AvgIpc) is 1.95. The number of hydrogen-bond acceptors (Lipinski definition) is 1. The van der Waals surface area contributed by atoms with Gasteiger partial charge in [-0.2, -0.15) is 0 Å². The van der Waals surface area contributed by atoms with E-state index in [9.17, 15) is 0 Å². The van der Waals surface area contributed by atoms with Crippen molar-refractivity contribution in [2.75, 3.05) is 0 Å². The molecule has 0 unspecified atom stereocenters. The van der Waals surface area contributed by atoms with E-state index in [1.165, 1.54) is 5.56 Å². The molecular weight excluding hydrogens is 190 g/mol. The summed E-state index contributed by atoms with van der Waals surface area (Å²) in [5.74, 6) is 0. The van der Waals surface area contributed by atoms with E-state index in [4.69, 9.17) is 0 Å². The summed E-state index contributed by atoms with van der Waals surface area (Å²) in [6, 6.07) is 2.06. The van der Waals surface area contributed by atoms with Crippen LogP contribution in [0.1, 0.15) is 18.2 Å². The van der Waals surface area contributed by atoms with Crippen LogP contribution in [0.3, 0.4) is 0 Å². The SMILES string of the molecule is CCc1cc(Br)c(C)cn1. The van der Waals surface area contributed by atoms with E-state index in [1.54, 1.807) is 0 Å². The van der Waals surface area contributed by atoms with E-state index < -0.39 is 0 Å². The van der Waals surface area contributed by atoms with E-state index >= 15 is 0 Å². The molecule has 1 rings (SSSR count). The first-order valence-electron chi connectivity index (χ1n) is 3.35. The predicted octanol–water partition coefficient (Wildman–Crippen LogP) is 2.71. The number of halogens is 1. The lowest BCUT2D eigenvalue weighted by atomic mass is 10.2. The summed E-state index contributed by atoms with van der Waals surface area (Å²) in [7, 11) is 0. The molecule has 0 N–H and O–H groups in total. The van der Waals surface area contributed by atoms with E-state index in [2.05, 4.69) is 33.9 Å². The van der Waals surface area contributed by atoms with Gasteiger partial charge in [0.05, 0.1) is 0 Å². The van der Waals surface area contributed by atoms with Gasteiger partial charge in [-0.3, -0.25) is 4.98 Å². The van der Waals surface area contributed by atoms with Crippen molar-refractivity contribution in [3.05, 3.63) is 28.0 Å². The first-order chi connectivity index (χ1) is 4.74. The lowest BCUT2D eigenvalue weighted by Gasteiger charge is -1.98. The van der Waals surface area contributed by atoms with Crippen LogP contribution in [0.15, 0.2) is 16.7 Å². The number of nitrogens with zero attached hydrogens (tertiary/aromatic N) is 1. The van der Waals surface area contributed by atoms with Crippen LogP contribution in [0.4, 0.5) is 0 Å². The Bertz CT molecular complexity index is 233. The highest BCUT2D eigenvalue weighted by Crippen LogP contribution is 2.15. The average molecular weight is 200 g/mol. The molecule has 0 aliphatic heterocycles. The lowest BCUT2D eigenvalue weighted by Crippen LogP contribution is -1.87. The molecule has 10 heavy (non-hydrogen) atoms. The molecule has 0 radical (unpaired) electrons. The maximum absolute atomic E-state index is 4.23. The van der Waals surface area contributed by atoms with Gasteiger partial charge in [0.2, 0.25) is 0 Å². The summed E-state index contributed by atoms with van der Waals surface area (Å²) in [6.45, 7) is 4.14. The smallest absolute Gasteiger partial charge is 0.0412 e. The molecule has 0 atom stereocenters. The van der Waals surface area contributed by atoms with Crippen molar-refractivity contribution >= 4 is 15.9 Å². The summed E-state index contributed by atoms with van der Waals surface area (Å²) >= 11 is 3.45. The monoisotopic (exact) mass is 199 g/mol. The molecule has 0 spiro atoms. The Morgan fingerprint density at radius 1 is 1.60 bits per heavy atom. The minimum Gasteiger partial charge on any atom is -0.261 e. The number of hydrogen-bond donors (Lipinski definition) is 0. The Labute approximate surface area is 69.6 Å². The molecule has 0 saturated carbocycles. The molecule has 0 aromatic carbocycles. The van der Waals surface area contributed by atoms with Gasteiger partial charge in [-0.05, 0) is 25.0 Å². The summed E-state index contributed by atoms with van der Waals surface area (Å²) < 4.78 is 1.15. The predicted molar refractivity (Wildman–Crippen MR) is 46.1 cm³/mol. The molecule has 0 saturated heterocycles. The Kier molecular flexibility index (Phi) is 2.44. The lowest BCUT2D eigenvalue weighted by molar-refractivity contribution is 1.02. The highest BCUT2D eigenvalue weighted by molar-refractivity contribution is 9.10. The van der Waals surface area contributed by atoms with Crippen LogP contribution in [-0.4, -0.2) is 4.98 Å². The topological polar surface area (TPSA) is 12.9 Å². The fourth-order valence-electron chi connectivity index (χ4n) is 0.732. The molecule has 0 aliphatic carbocycles. The van der Waals surface area contributed by atoms with E-state index in [-0.39, 0.29) is 0 Å². The molecule has 2 heteroatoms. The Hall–Kier alpha value is -0.370. The van der Waals surface area contributed by atoms with Gasteiger partial charge >= 0.3 is 0 Å². The van der Waals surface area contributed by atoms with Gasteiger partial charge in [0.1, 0.15) is 0 Å². The van der Waals surface area contributed by atoms with Crippen LogP contribution in [0.25, 0.3) is 0 Å². The van der Waals surface area contributed by atoms with Gasteiger partial charge in [-0.1, -0.05) is 22.9 Å². The zero-order valence-corrected chi connectivity index (χ0v) is 7.77. The minimum absolute atomic E-state index is 0.999. The molecule has 0 amide bonds. The molecule has 1 heterocycles. The van der Waals surface area contributed by atoms with E-state index in [1.807, 2.05) is 13.1 Å². The van der Waals surface area contributed by atoms with Crippen molar-refractivity contribution < 1.29 is 0 Å². The summed E-state index contributed by atoms with van der Waals surface area (Å²) in [6.07, 6.45) is 2.89. The molecule has 1 aromatic heterocycles. The van der Waals surface area contributed by atoms with Crippen LogP contribution in [0.2, 0.25) is 0 Å². The fraction of sp³-hybridized carbons (Fsp3) is 0.375. The maximum atomic E-state index is 4.23. The van der Waals surface area contributed by atoms with Crippen molar-refractivity contribution in [3.63, 3.8) is 0 Å². The number of aromatic nitrogens is 1. The second-order valence-electron chi connectivity index (χ2n) is 2.28. The van der Waals surface area contributed by atoms with Gasteiger partial charge < -0.3 is 0 Å². The zero-order valence-electron chi connectivity index (χ0n) is 6.19. The van der Waals surface area contributed by atoms with Crippen molar-refractivity contribution in [1.82, 2.24) is 4.98 Å². The Balaban J connectivity index is 3.04. The third-order valence-electron chi connectivity index (χ3n) is 1.46. The molecule has 1 aromatic rings. The third-order valence-corrected chi connectivity index (χ3v) is 2.31. The van der Waals surface area contributed by atoms with Gasteiger partial charge in [0, 0.05) is 16.4 Å². The van der Waals surface area contributed by atoms with Gasteiger partial charge in [-0.15, -0.1) is 0 Å². The normalized spacial score (nSPS) is 9.90. The van der Waals surface area contributed by atoms with Crippen LogP contribution >= 0.6 is 15.9 Å². The van der Waals surface area contributed by atoms with Crippen LogP contribution in [0.5, 0.6) is 0 Å². The van der Waals surface area contributed by atoms with Crippen LogP contribution in [0, 0.1) is 6.92 Å². The standard InChI is InChI=1S/C8H10BrN/c1-3-7-4-8(9)6(2)5-10-7/h4-5H,3H2,1-2H3. The first kappa shape index (κ1) is 7.73. The number of pyridine rings is 1. The highest BCUT2D eigenvalue weighted by Gasteiger charge is 1.95. The summed E-state index contributed by atoms with van der Waals surface area (Å²) in [4.78, 5) is 4.23. The Morgan fingerprint density at radius 2 is 2.30 bits per heavy atom. The van der Waals surface area contributed by atoms with E-state index in [0.717, 1.165) is 16.6 Å². The van der Waals surface area contributed by atoms with Crippen LogP contribution < -0.4 is 0 Å². The number of rotatable bonds is 1. The quantitative estimate of drug-likeness (QED) is 0.679. The minimum atomic E-state index is 0.999. The fourth-order valence-corrected chi connectivity index (χ4v) is 1.10. The largest absolute Gasteiger partial charge is 0.261 e. The van der Waals surface area contributed by atoms with Crippen molar-refractivity contribution in [2.45, 2.75) is 20.3 Å². The van der Waals surface area contributed by atoms with Crippen LogP contribution in [-0.2, 0) is 6.42 Å². The molecule has 0 bridgehead atoms. The molecule has 1 nitrogen and oxygen atoms in total. The second kappa shape index (κ2) is 3.15. The molecule has 54 valence electrons. The summed E-state index contributed by atoms with van der Waals surface area (Å²) in [5, 5.41) is 0. The zero-order chi connectivity index (χ0) is 7.56. The molecular formula is C8H10BrN. The van der Waals surface area contributed by atoms with Crippen molar-refractivity contribution in [2.24, 2.45) is 0 Å². The van der Waals surface area contributed by atoms with Crippen molar-refractivity contribution in [1.29, 1.82) is 0 Å². The van der Waals surface area contributed by atoms with Crippen molar-refractivity contribution in [3.8, 4) is 0 Å². The van der Waals surface area contributed by atoms with Gasteiger partial charge in [0.15, 0.2) is 0 Å². The number of aryl methyl sites for hydroxylation is 2. The highest BCUT2D eigenvalue weighted by atomic mass is 79.9. The molecule has 0 fully saturated rings. The summed E-state index contributed by atoms with van der Waals surface area (Å²) in [5.41, 5.74) is 2.33. The van der Waals surface area contributed by atoms with E-state index in [0.29, 0.717) is 0 Å². The third kappa shape index (κ3) is 1.57. The first-order valence-corrected chi connectivity index (χ1v) is 4.14. The second-order valence-corrected chi connectivity index (χ2v) is 3.13. The Morgan fingerprint density at radius 3 is 2.80 bits per heavy atom. The molecule has 0 aliphatic rings. The maximum Gasteiger partial charge on any atom is 0.0412 e. The van der Waals surface area contributed by atoms with Gasteiger partial charge in [0.25, 0.3) is 0 Å². The van der Waals surface area contributed by atoms with Gasteiger partial charge in [-0.25, -0.2) is 0 Å².